The highest BCUT2D eigenvalue weighted by Crippen LogP contribution is 2.41. The van der Waals surface area contributed by atoms with Gasteiger partial charge in [0.2, 0.25) is 12.1 Å². The number of aliphatic carboxylic acids is 1. The topological polar surface area (TPSA) is 96.4 Å². The number of methoxy groups -OCH3 is 1. The van der Waals surface area contributed by atoms with Gasteiger partial charge in [0.05, 0.1) is 7.11 Å². The molecule has 0 bridgehead atoms. The number of anilines is 1. The van der Waals surface area contributed by atoms with Crippen LogP contribution in [0.2, 0.25) is 0 Å². The van der Waals surface area contributed by atoms with E-state index in [1.807, 2.05) is 56.3 Å². The summed E-state index contributed by atoms with van der Waals surface area (Å²) in [5.41, 5.74) is 2.06. The normalized spacial score (nSPS) is 18.2. The second kappa shape index (κ2) is 9.82. The molecule has 0 radical (unpaired) electrons. The van der Waals surface area contributed by atoms with Crippen LogP contribution >= 0.6 is 0 Å². The van der Waals surface area contributed by atoms with Crippen molar-refractivity contribution in [3.8, 4) is 5.75 Å². The molecule has 0 aliphatic carbocycles. The van der Waals surface area contributed by atoms with E-state index in [1.165, 1.54) is 6.92 Å². The first-order valence-corrected chi connectivity index (χ1v) is 10.4. The molecule has 1 aliphatic rings. The minimum absolute atomic E-state index is 0.126. The second-order valence-electron chi connectivity index (χ2n) is 8.05. The van der Waals surface area contributed by atoms with Gasteiger partial charge >= 0.3 is 5.97 Å². The van der Waals surface area contributed by atoms with Gasteiger partial charge in [-0.25, -0.2) is 0 Å². The quantitative estimate of drug-likeness (QED) is 0.711. The molecule has 2 aromatic rings. The lowest BCUT2D eigenvalue weighted by atomic mass is 9.98. The molecule has 1 N–H and O–H groups in total. The SMILES string of the molecule is COc1ccccc1[C@@H]1O[C@@H](N(CC(=O)O)C(C)=O)C(=O)N(CC(C)C)c2ccccc21. The van der Waals surface area contributed by atoms with Crippen LogP contribution in [0.25, 0.3) is 0 Å². The van der Waals surface area contributed by atoms with Crippen molar-refractivity contribution >= 4 is 23.5 Å². The number of carbonyl (C=O) groups is 3. The molecular formula is C24H28N2O6. The van der Waals surface area contributed by atoms with Crippen molar-refractivity contribution < 1.29 is 29.0 Å². The van der Waals surface area contributed by atoms with Gasteiger partial charge in [-0.1, -0.05) is 50.2 Å². The summed E-state index contributed by atoms with van der Waals surface area (Å²) in [5, 5.41) is 9.38. The standard InChI is InChI=1S/C24H28N2O6/c1-15(2)13-26-19-11-7-5-9-17(19)22(18-10-6-8-12-20(18)31-4)32-24(23(26)30)25(16(3)27)14-21(28)29/h5-12,15,22,24H,13-14H2,1-4H3,(H,28,29)/t22-,24-/m1/s1. The summed E-state index contributed by atoms with van der Waals surface area (Å²) >= 11 is 0. The summed E-state index contributed by atoms with van der Waals surface area (Å²) in [6, 6.07) is 14.7. The molecule has 2 amide bonds. The first-order valence-electron chi connectivity index (χ1n) is 10.4. The summed E-state index contributed by atoms with van der Waals surface area (Å²) in [4.78, 5) is 40.1. The maximum Gasteiger partial charge on any atom is 0.323 e. The third kappa shape index (κ3) is 4.75. The van der Waals surface area contributed by atoms with Crippen LogP contribution in [0.5, 0.6) is 5.75 Å². The third-order valence-electron chi connectivity index (χ3n) is 5.21. The highest BCUT2D eigenvalue weighted by Gasteiger charge is 2.41. The average molecular weight is 440 g/mol. The molecule has 0 saturated carbocycles. The molecule has 0 fully saturated rings. The van der Waals surface area contributed by atoms with Crippen LogP contribution in [0.3, 0.4) is 0 Å². The molecule has 0 spiro atoms. The van der Waals surface area contributed by atoms with Crippen LogP contribution in [-0.2, 0) is 19.1 Å². The van der Waals surface area contributed by atoms with Gasteiger partial charge < -0.3 is 19.5 Å². The predicted molar refractivity (Wildman–Crippen MR) is 118 cm³/mol. The number of hydrogen-bond donors (Lipinski definition) is 1. The number of rotatable bonds is 7. The highest BCUT2D eigenvalue weighted by atomic mass is 16.5. The highest BCUT2D eigenvalue weighted by molar-refractivity contribution is 6.00. The first-order chi connectivity index (χ1) is 15.2. The number of hydrogen-bond acceptors (Lipinski definition) is 5. The Morgan fingerprint density at radius 2 is 1.75 bits per heavy atom. The number of nitrogens with zero attached hydrogens (tertiary/aromatic N) is 2. The average Bonchev–Trinajstić information content (AvgIpc) is 2.87. The maximum atomic E-state index is 13.7. The van der Waals surface area contributed by atoms with Crippen LogP contribution in [0.1, 0.15) is 38.0 Å². The Morgan fingerprint density at radius 1 is 1.12 bits per heavy atom. The van der Waals surface area contributed by atoms with E-state index in [-0.39, 0.29) is 5.92 Å². The monoisotopic (exact) mass is 440 g/mol. The van der Waals surface area contributed by atoms with Crippen molar-refractivity contribution in [1.29, 1.82) is 0 Å². The van der Waals surface area contributed by atoms with E-state index in [0.29, 0.717) is 23.5 Å². The molecule has 3 rings (SSSR count). The summed E-state index contributed by atoms with van der Waals surface area (Å²) in [6.45, 7) is 4.91. The molecule has 8 heteroatoms. The molecule has 0 unspecified atom stereocenters. The van der Waals surface area contributed by atoms with Crippen molar-refractivity contribution in [2.45, 2.75) is 33.1 Å². The summed E-state index contributed by atoms with van der Waals surface area (Å²) in [5.74, 6) is -1.60. The van der Waals surface area contributed by atoms with Crippen LogP contribution in [0, 0.1) is 5.92 Å². The van der Waals surface area contributed by atoms with Crippen LogP contribution in [0.15, 0.2) is 48.5 Å². The number of benzene rings is 2. The number of amides is 2. The first kappa shape index (κ1) is 23.3. The van der Waals surface area contributed by atoms with E-state index in [0.717, 1.165) is 10.5 Å². The lowest BCUT2D eigenvalue weighted by Crippen LogP contribution is -2.53. The van der Waals surface area contributed by atoms with Gasteiger partial charge in [-0.15, -0.1) is 0 Å². The minimum Gasteiger partial charge on any atom is -0.496 e. The van der Waals surface area contributed by atoms with E-state index < -0.39 is 36.7 Å². The molecule has 32 heavy (non-hydrogen) atoms. The Balaban J connectivity index is 2.23. The molecule has 2 atom stereocenters. The van der Waals surface area contributed by atoms with E-state index in [2.05, 4.69) is 0 Å². The lowest BCUT2D eigenvalue weighted by Gasteiger charge is -2.32. The smallest absolute Gasteiger partial charge is 0.323 e. The van der Waals surface area contributed by atoms with E-state index in [4.69, 9.17) is 9.47 Å². The third-order valence-corrected chi connectivity index (χ3v) is 5.21. The van der Waals surface area contributed by atoms with Gasteiger partial charge in [-0.3, -0.25) is 19.3 Å². The molecule has 2 aromatic carbocycles. The lowest BCUT2D eigenvalue weighted by molar-refractivity contribution is -0.165. The summed E-state index contributed by atoms with van der Waals surface area (Å²) in [7, 11) is 1.54. The van der Waals surface area contributed by atoms with E-state index >= 15 is 0 Å². The van der Waals surface area contributed by atoms with E-state index in [1.54, 1.807) is 18.1 Å². The van der Waals surface area contributed by atoms with Gasteiger partial charge in [-0.2, -0.15) is 0 Å². The van der Waals surface area contributed by atoms with Crippen molar-refractivity contribution in [2.75, 3.05) is 25.1 Å². The molecule has 8 nitrogen and oxygen atoms in total. The zero-order chi connectivity index (χ0) is 23.4. The van der Waals surface area contributed by atoms with Gasteiger partial charge in [0.1, 0.15) is 18.4 Å². The largest absolute Gasteiger partial charge is 0.496 e. The molecular weight excluding hydrogens is 412 g/mol. The molecule has 1 aliphatic heterocycles. The Kier molecular flexibility index (Phi) is 7.15. The fourth-order valence-corrected chi connectivity index (χ4v) is 3.86. The minimum atomic E-state index is -1.41. The second-order valence-corrected chi connectivity index (χ2v) is 8.05. The Bertz CT molecular complexity index is 1010. The number of para-hydroxylation sites is 2. The number of ether oxygens (including phenoxy) is 2. The Hall–Kier alpha value is -3.39. The summed E-state index contributed by atoms with van der Waals surface area (Å²) < 4.78 is 11.8. The number of carboxylic acids is 1. The number of carboxylic acid groups (broad SMARTS) is 1. The van der Waals surface area contributed by atoms with E-state index in [9.17, 15) is 19.5 Å². The van der Waals surface area contributed by atoms with Crippen molar-refractivity contribution in [2.24, 2.45) is 5.92 Å². The van der Waals surface area contributed by atoms with Gasteiger partial charge in [0.15, 0.2) is 0 Å². The zero-order valence-electron chi connectivity index (χ0n) is 18.6. The van der Waals surface area contributed by atoms with Crippen LogP contribution < -0.4 is 9.64 Å². The van der Waals surface area contributed by atoms with Crippen molar-refractivity contribution in [1.82, 2.24) is 4.90 Å². The fraction of sp³-hybridized carbons (Fsp3) is 0.375. The molecule has 0 aromatic heterocycles. The zero-order valence-corrected chi connectivity index (χ0v) is 18.6. The number of carbonyl (C=O) groups excluding carboxylic acids is 2. The summed E-state index contributed by atoms with van der Waals surface area (Å²) in [6.07, 6.45) is -2.17. The van der Waals surface area contributed by atoms with Gasteiger partial charge in [0.25, 0.3) is 5.91 Å². The molecule has 170 valence electrons. The predicted octanol–water partition coefficient (Wildman–Crippen LogP) is 3.06. The fourth-order valence-electron chi connectivity index (χ4n) is 3.86. The maximum absolute atomic E-state index is 13.7. The van der Waals surface area contributed by atoms with Gasteiger partial charge in [-0.05, 0) is 18.1 Å². The van der Waals surface area contributed by atoms with Crippen molar-refractivity contribution in [3.63, 3.8) is 0 Å². The van der Waals surface area contributed by atoms with Crippen molar-refractivity contribution in [3.05, 3.63) is 59.7 Å². The Morgan fingerprint density at radius 3 is 2.34 bits per heavy atom. The van der Waals surface area contributed by atoms with Crippen LogP contribution in [0.4, 0.5) is 5.69 Å². The van der Waals surface area contributed by atoms with Crippen LogP contribution in [-0.4, -0.2) is 54.2 Å². The van der Waals surface area contributed by atoms with Gasteiger partial charge in [0, 0.05) is 30.3 Å². The number of fused-ring (bicyclic) bond motifs is 1. The molecule has 1 heterocycles. The molecule has 0 saturated heterocycles. The Labute approximate surface area is 187 Å².